The van der Waals surface area contributed by atoms with E-state index >= 15 is 0 Å². The summed E-state index contributed by atoms with van der Waals surface area (Å²) < 4.78 is 5.62. The first kappa shape index (κ1) is 18.8. The van der Waals surface area contributed by atoms with E-state index in [1.807, 2.05) is 24.3 Å². The first-order chi connectivity index (χ1) is 12.0. The topological polar surface area (TPSA) is 62.1 Å². The van der Waals surface area contributed by atoms with Crippen LogP contribution in [0.5, 0.6) is 5.75 Å². The monoisotopic (exact) mass is 356 g/mol. The summed E-state index contributed by atoms with van der Waals surface area (Å²) >= 11 is 6.08. The maximum absolute atomic E-state index is 12.3. The van der Waals surface area contributed by atoms with Crippen molar-refractivity contribution >= 4 is 17.5 Å². The molecule has 2 aromatic carbocycles. The van der Waals surface area contributed by atoms with E-state index in [9.17, 15) is 4.79 Å². The van der Waals surface area contributed by atoms with Crippen molar-refractivity contribution < 1.29 is 9.53 Å². The molecule has 2 rings (SSSR count). The Morgan fingerprint density at radius 3 is 2.60 bits per heavy atom. The maximum Gasteiger partial charge on any atom is 0.260 e. The molecule has 0 fully saturated rings. The van der Waals surface area contributed by atoms with Crippen LogP contribution in [0.1, 0.15) is 37.3 Å². The number of hydrogen-bond donors (Lipinski definition) is 1. The van der Waals surface area contributed by atoms with Crippen LogP contribution < -0.4 is 10.1 Å². The Labute approximate surface area is 153 Å². The fourth-order valence-corrected chi connectivity index (χ4v) is 2.73. The number of nitrogens with one attached hydrogen (secondary N) is 1. The summed E-state index contributed by atoms with van der Waals surface area (Å²) in [6, 6.07) is 16.8. The van der Waals surface area contributed by atoms with Gasteiger partial charge in [0, 0.05) is 12.5 Å². The number of rotatable bonds is 7. The Kier molecular flexibility index (Phi) is 6.85. The van der Waals surface area contributed by atoms with Gasteiger partial charge in [-0.25, -0.2) is 0 Å². The molecule has 0 saturated heterocycles. The largest absolute Gasteiger partial charge is 0.479 e. The minimum absolute atomic E-state index is 0.199. The highest BCUT2D eigenvalue weighted by Gasteiger charge is 2.18. The van der Waals surface area contributed by atoms with E-state index in [0.29, 0.717) is 22.9 Å². The van der Waals surface area contributed by atoms with Gasteiger partial charge in [-0.3, -0.25) is 4.79 Å². The minimum Gasteiger partial charge on any atom is -0.479 e. The number of hydrogen-bond acceptors (Lipinski definition) is 3. The molecule has 0 bridgehead atoms. The summed E-state index contributed by atoms with van der Waals surface area (Å²) in [6.07, 6.45) is 0.250. The van der Waals surface area contributed by atoms with Gasteiger partial charge < -0.3 is 10.1 Å². The Hall–Kier alpha value is -2.51. The molecule has 0 aromatic heterocycles. The van der Waals surface area contributed by atoms with Gasteiger partial charge in [0.2, 0.25) is 0 Å². The molecule has 1 N–H and O–H groups in total. The quantitative estimate of drug-likeness (QED) is 0.805. The lowest BCUT2D eigenvalue weighted by molar-refractivity contribution is -0.127. The van der Waals surface area contributed by atoms with Gasteiger partial charge in [0.25, 0.3) is 5.91 Å². The molecule has 0 aliphatic carbocycles. The first-order valence-electron chi connectivity index (χ1n) is 8.24. The van der Waals surface area contributed by atoms with Gasteiger partial charge in [0.15, 0.2) is 6.10 Å². The van der Waals surface area contributed by atoms with Crippen LogP contribution in [0.2, 0.25) is 5.02 Å². The molecule has 2 atom stereocenters. The molecule has 0 aliphatic rings. The molecule has 5 heteroatoms. The number of halogens is 1. The second-order valence-electron chi connectivity index (χ2n) is 5.78. The molecular formula is C20H21ClN2O2. The van der Waals surface area contributed by atoms with Crippen molar-refractivity contribution in [2.24, 2.45) is 0 Å². The van der Waals surface area contributed by atoms with Crippen molar-refractivity contribution in [3.05, 3.63) is 64.7 Å². The lowest BCUT2D eigenvalue weighted by Crippen LogP contribution is -2.38. The SMILES string of the molecule is CC[C@H](CNC(=O)[C@@H](C)Oc1ccc(C#N)cc1Cl)c1ccccc1. The van der Waals surface area contributed by atoms with Gasteiger partial charge in [-0.05, 0) is 37.1 Å². The molecule has 0 aliphatic heterocycles. The number of nitrogens with zero attached hydrogens (tertiary/aromatic N) is 1. The van der Waals surface area contributed by atoms with E-state index in [-0.39, 0.29) is 11.8 Å². The van der Waals surface area contributed by atoms with Crippen LogP contribution in [0.4, 0.5) is 0 Å². The average molecular weight is 357 g/mol. The summed E-state index contributed by atoms with van der Waals surface area (Å²) in [4.78, 5) is 12.3. The number of nitriles is 1. The Morgan fingerprint density at radius 2 is 2.00 bits per heavy atom. The fraction of sp³-hybridized carbons (Fsp3) is 0.300. The molecule has 4 nitrogen and oxygen atoms in total. The van der Waals surface area contributed by atoms with Gasteiger partial charge in [0.05, 0.1) is 16.7 Å². The van der Waals surface area contributed by atoms with Crippen molar-refractivity contribution in [1.29, 1.82) is 5.26 Å². The van der Waals surface area contributed by atoms with Crippen LogP contribution in [-0.2, 0) is 4.79 Å². The van der Waals surface area contributed by atoms with Crippen molar-refractivity contribution in [3.8, 4) is 11.8 Å². The zero-order valence-corrected chi connectivity index (χ0v) is 15.1. The van der Waals surface area contributed by atoms with Crippen LogP contribution in [0.25, 0.3) is 0 Å². The number of carbonyl (C=O) groups is 1. The van der Waals surface area contributed by atoms with Gasteiger partial charge in [0.1, 0.15) is 5.75 Å². The third-order valence-corrected chi connectivity index (χ3v) is 4.32. The lowest BCUT2D eigenvalue weighted by atomic mass is 9.96. The minimum atomic E-state index is -0.682. The van der Waals surface area contributed by atoms with Crippen molar-refractivity contribution in [3.63, 3.8) is 0 Å². The second-order valence-corrected chi connectivity index (χ2v) is 6.19. The summed E-state index contributed by atoms with van der Waals surface area (Å²) in [7, 11) is 0. The normalized spacial score (nSPS) is 12.7. The predicted octanol–water partition coefficient (Wildman–Crippen LogP) is 4.29. The molecule has 0 saturated carbocycles. The van der Waals surface area contributed by atoms with Crippen molar-refractivity contribution in [2.75, 3.05) is 6.54 Å². The molecule has 25 heavy (non-hydrogen) atoms. The van der Waals surface area contributed by atoms with E-state index in [2.05, 4.69) is 24.4 Å². The van der Waals surface area contributed by atoms with Crippen LogP contribution >= 0.6 is 11.6 Å². The summed E-state index contributed by atoms with van der Waals surface area (Å²) in [6.45, 7) is 4.32. The van der Waals surface area contributed by atoms with Gasteiger partial charge in [-0.1, -0.05) is 48.9 Å². The first-order valence-corrected chi connectivity index (χ1v) is 8.62. The molecule has 1 amide bonds. The van der Waals surface area contributed by atoms with Crippen LogP contribution in [0.15, 0.2) is 48.5 Å². The zero-order valence-electron chi connectivity index (χ0n) is 14.3. The van der Waals surface area contributed by atoms with Crippen molar-refractivity contribution in [2.45, 2.75) is 32.3 Å². The molecular weight excluding hydrogens is 336 g/mol. The van der Waals surface area contributed by atoms with E-state index in [1.165, 1.54) is 11.6 Å². The lowest BCUT2D eigenvalue weighted by Gasteiger charge is -2.19. The summed E-state index contributed by atoms with van der Waals surface area (Å²) in [5, 5.41) is 12.1. The van der Waals surface area contributed by atoms with Crippen LogP contribution in [0.3, 0.4) is 0 Å². The molecule has 0 spiro atoms. The van der Waals surface area contributed by atoms with Gasteiger partial charge >= 0.3 is 0 Å². The molecule has 130 valence electrons. The predicted molar refractivity (Wildman–Crippen MR) is 98.7 cm³/mol. The molecule has 0 unspecified atom stereocenters. The highest BCUT2D eigenvalue weighted by molar-refractivity contribution is 6.32. The smallest absolute Gasteiger partial charge is 0.260 e. The van der Waals surface area contributed by atoms with Gasteiger partial charge in [-0.2, -0.15) is 5.26 Å². The molecule has 2 aromatic rings. The summed E-state index contributed by atoms with van der Waals surface area (Å²) in [5.41, 5.74) is 1.65. The maximum atomic E-state index is 12.3. The van der Waals surface area contributed by atoms with Crippen molar-refractivity contribution in [1.82, 2.24) is 5.32 Å². The Bertz CT molecular complexity index is 756. The van der Waals surface area contributed by atoms with E-state index < -0.39 is 6.10 Å². The standard InChI is InChI=1S/C20H21ClN2O2/c1-3-16(17-7-5-4-6-8-17)13-23-20(24)14(2)25-19-10-9-15(12-22)11-18(19)21/h4-11,14,16H,3,13H2,1-2H3,(H,23,24)/t14-,16-/m1/s1. The highest BCUT2D eigenvalue weighted by atomic mass is 35.5. The highest BCUT2D eigenvalue weighted by Crippen LogP contribution is 2.26. The second kappa shape index (κ2) is 9.10. The van der Waals surface area contributed by atoms with Gasteiger partial charge in [-0.15, -0.1) is 0 Å². The number of benzene rings is 2. The number of ether oxygens (including phenoxy) is 1. The Morgan fingerprint density at radius 1 is 1.28 bits per heavy atom. The third kappa shape index (κ3) is 5.23. The zero-order chi connectivity index (χ0) is 18.2. The van der Waals surface area contributed by atoms with Crippen LogP contribution in [0, 0.1) is 11.3 Å². The fourth-order valence-electron chi connectivity index (χ4n) is 2.50. The van der Waals surface area contributed by atoms with Crippen LogP contribution in [-0.4, -0.2) is 18.6 Å². The molecule has 0 heterocycles. The van der Waals surface area contributed by atoms with E-state index in [1.54, 1.807) is 19.1 Å². The number of amides is 1. The number of carbonyl (C=O) groups excluding carboxylic acids is 1. The van der Waals surface area contributed by atoms with E-state index in [0.717, 1.165) is 6.42 Å². The third-order valence-electron chi connectivity index (χ3n) is 4.02. The average Bonchev–Trinajstić information content (AvgIpc) is 2.64. The summed E-state index contributed by atoms with van der Waals surface area (Å²) in [5.74, 6) is 0.448. The molecule has 0 radical (unpaired) electrons. The van der Waals surface area contributed by atoms with E-state index in [4.69, 9.17) is 21.6 Å². The Balaban J connectivity index is 1.93.